The van der Waals surface area contributed by atoms with Gasteiger partial charge in [-0.2, -0.15) is 0 Å². The van der Waals surface area contributed by atoms with E-state index in [0.29, 0.717) is 88.2 Å². The van der Waals surface area contributed by atoms with Gasteiger partial charge in [-0.05, 0) is 91.4 Å². The number of aliphatic carboxylic acids is 1. The predicted molar refractivity (Wildman–Crippen MR) is 290 cm³/mol. The zero-order valence-electron chi connectivity index (χ0n) is 42.2. The molecule has 0 saturated carbocycles. The average Bonchev–Trinajstić information content (AvgIpc) is 3.89. The highest BCUT2D eigenvalue weighted by Gasteiger charge is 2.39. The number of carboxylic acids is 1. The first-order valence-electron chi connectivity index (χ1n) is 24.6. The Bertz CT molecular complexity index is 3040. The Hall–Kier alpha value is -7.26. The highest BCUT2D eigenvalue weighted by atomic mass is 33.1. The van der Waals surface area contributed by atoms with Crippen LogP contribution in [0.25, 0.3) is 0 Å². The van der Waals surface area contributed by atoms with Gasteiger partial charge < -0.3 is 44.9 Å². The minimum atomic E-state index is -1.16. The lowest BCUT2D eigenvalue weighted by atomic mass is 10.1. The quantitative estimate of drug-likeness (QED) is 0.0251. The Morgan fingerprint density at radius 2 is 1.45 bits per heavy atom. The number of fused-ring (bicyclic) bond motifs is 8. The number of ether oxygens (including phenoxy) is 4. The number of para-hydroxylation sites is 2. The number of methoxy groups -OCH3 is 2. The maximum absolute atomic E-state index is 14.1. The number of anilines is 4. The van der Waals surface area contributed by atoms with E-state index >= 15 is 0 Å². The van der Waals surface area contributed by atoms with Crippen molar-refractivity contribution < 1.29 is 52.9 Å². The van der Waals surface area contributed by atoms with Gasteiger partial charge in [-0.25, -0.2) is 10.3 Å². The molecule has 0 aromatic heterocycles. The minimum absolute atomic E-state index is 0.0297. The Kier molecular flexibility index (Phi) is 16.2. The summed E-state index contributed by atoms with van der Waals surface area (Å²) >= 11 is 0. The fourth-order valence-electron chi connectivity index (χ4n) is 9.50. The van der Waals surface area contributed by atoms with Crippen LogP contribution in [0.1, 0.15) is 76.6 Å². The summed E-state index contributed by atoms with van der Waals surface area (Å²) in [5.41, 5.74) is 10.3. The molecule has 5 aromatic carbocycles. The van der Waals surface area contributed by atoms with Crippen LogP contribution in [0, 0.1) is 0 Å². The summed E-state index contributed by atoms with van der Waals surface area (Å²) in [4.78, 5) is 79.4. The average molecular weight is 1060 g/mol. The number of nitrogens with one attached hydrogen (secondary N) is 4. The number of hydrogen-bond donors (Lipinski definition) is 5. The van der Waals surface area contributed by atoms with Crippen LogP contribution in [0.3, 0.4) is 0 Å². The molecule has 392 valence electrons. The molecule has 3 atom stereocenters. The molecule has 5 aromatic rings. The maximum atomic E-state index is 14.1. The van der Waals surface area contributed by atoms with Crippen LogP contribution in [-0.4, -0.2) is 103 Å². The lowest BCUT2D eigenvalue weighted by molar-refractivity contribution is -0.142. The number of aliphatic imine (C=N–C) groups is 1. The molecule has 4 amide bonds. The van der Waals surface area contributed by atoms with Crippen LogP contribution < -0.4 is 50.2 Å². The lowest BCUT2D eigenvalue weighted by Gasteiger charge is -2.24. The zero-order chi connectivity index (χ0) is 52.8. The number of rotatable bonds is 22. The number of nitrogens with zero attached hydrogens (tertiary/aromatic N) is 3. The first kappa shape index (κ1) is 52.6. The molecule has 75 heavy (non-hydrogen) atoms. The third-order valence-corrected chi connectivity index (χ3v) is 16.5. The normalized spacial score (nSPS) is 16.4. The summed E-state index contributed by atoms with van der Waals surface area (Å²) in [5.74, 6) is -0.688. The van der Waals surface area contributed by atoms with Crippen molar-refractivity contribution in [2.45, 2.75) is 82.5 Å². The number of carboxylic acid groups (broad SMARTS) is 1. The van der Waals surface area contributed by atoms with Crippen molar-refractivity contribution in [1.29, 1.82) is 0 Å². The molecule has 0 bridgehead atoms. The Morgan fingerprint density at radius 3 is 2.13 bits per heavy atom. The van der Waals surface area contributed by atoms with Crippen LogP contribution in [0.15, 0.2) is 96.0 Å². The molecule has 4 aliphatic rings. The summed E-state index contributed by atoms with van der Waals surface area (Å²) in [6.45, 7) is 6.53. The third kappa shape index (κ3) is 12.0. The van der Waals surface area contributed by atoms with Crippen LogP contribution >= 0.6 is 21.6 Å². The molecule has 0 spiro atoms. The molecule has 20 heteroatoms. The number of hydrogen-bond acceptors (Lipinski definition) is 15. The number of amides is 4. The Balaban J connectivity index is 0.914. The fraction of sp³-hybridized carbons (Fsp3) is 0.345. The van der Waals surface area contributed by atoms with Gasteiger partial charge in [0.05, 0.1) is 48.8 Å². The van der Waals surface area contributed by atoms with Crippen molar-refractivity contribution in [3.63, 3.8) is 0 Å². The van der Waals surface area contributed by atoms with Crippen molar-refractivity contribution in [2.75, 3.05) is 60.1 Å². The molecular formula is C55H59N7O11S2. The molecule has 0 saturated heterocycles. The van der Waals surface area contributed by atoms with Crippen molar-refractivity contribution in [1.82, 2.24) is 10.8 Å². The van der Waals surface area contributed by atoms with Crippen molar-refractivity contribution in [3.05, 3.63) is 124 Å². The van der Waals surface area contributed by atoms with E-state index in [1.165, 1.54) is 35.8 Å². The van der Waals surface area contributed by atoms with E-state index < -0.39 is 22.7 Å². The summed E-state index contributed by atoms with van der Waals surface area (Å²) in [7, 11) is 5.77. The van der Waals surface area contributed by atoms with E-state index in [9.17, 15) is 29.1 Å². The van der Waals surface area contributed by atoms with Crippen LogP contribution in [0.5, 0.6) is 23.0 Å². The number of hydroxylamine groups is 1. The molecule has 9 rings (SSSR count). The Labute approximate surface area is 442 Å². The highest BCUT2D eigenvalue weighted by Crippen LogP contribution is 2.44. The molecule has 0 radical (unpaired) electrons. The molecule has 4 heterocycles. The number of carbonyl (C=O) groups is 5. The molecule has 0 aliphatic carbocycles. The van der Waals surface area contributed by atoms with E-state index in [1.54, 1.807) is 42.3 Å². The summed E-state index contributed by atoms with van der Waals surface area (Å²) in [6.07, 6.45) is 3.79. The number of benzene rings is 5. The van der Waals surface area contributed by atoms with E-state index in [-0.39, 0.29) is 61.8 Å². The zero-order valence-corrected chi connectivity index (χ0v) is 43.9. The topological polar surface area (TPSA) is 219 Å². The first-order chi connectivity index (χ1) is 36.2. The minimum Gasteiger partial charge on any atom is -0.493 e. The largest absolute Gasteiger partial charge is 0.493 e. The van der Waals surface area contributed by atoms with Gasteiger partial charge >= 0.3 is 5.97 Å². The predicted octanol–water partition coefficient (Wildman–Crippen LogP) is 8.14. The van der Waals surface area contributed by atoms with Gasteiger partial charge in [-0.1, -0.05) is 64.9 Å². The summed E-state index contributed by atoms with van der Waals surface area (Å²) in [5, 5.41) is 18.7. The monoisotopic (exact) mass is 1060 g/mol. The first-order valence-corrected chi connectivity index (χ1v) is 26.9. The second kappa shape index (κ2) is 23.1. The standard InChI is InChI=1S/C55H59N7O11S2/c1-6-58-73-30-51(64)60-43(54(67)68)31-74-75-55(2,3)16-15-50(63)59-36-18-32(28-71-48-24-41-39(22-46(48)69-4)52(65)61-37(26-56-41)20-34-11-7-9-13-44(34)61)17-33(19-36)29-72-49-25-42-40(23-47(49)70-5)53(66)62-38(27-57-42)21-35-12-8-10-14-45(35)62/h7-14,17-19,22-26,37-38,43,57-58H,6,15-16,20-21,27-31H2,1-5H3,(H,59,63)(H,60,64)(H,67,68)/t37-,38-,43?/m0/s1. The van der Waals surface area contributed by atoms with E-state index in [2.05, 4.69) is 27.5 Å². The molecule has 1 unspecified atom stereocenters. The molecule has 0 fully saturated rings. The molecular weight excluding hydrogens is 999 g/mol. The van der Waals surface area contributed by atoms with Gasteiger partial charge in [-0.15, -0.1) is 0 Å². The van der Waals surface area contributed by atoms with E-state index in [4.69, 9.17) is 28.8 Å². The second-order valence-electron chi connectivity index (χ2n) is 19.0. The van der Waals surface area contributed by atoms with Gasteiger partial charge in [0.15, 0.2) is 23.0 Å². The maximum Gasteiger partial charge on any atom is 0.327 e. The van der Waals surface area contributed by atoms with Crippen LogP contribution in [0.2, 0.25) is 0 Å². The van der Waals surface area contributed by atoms with Crippen LogP contribution in [0.4, 0.5) is 28.4 Å². The molecule has 5 N–H and O–H groups in total. The molecule has 4 aliphatic heterocycles. The fourth-order valence-corrected chi connectivity index (χ4v) is 12.2. The second-order valence-corrected chi connectivity index (χ2v) is 22.0. The lowest BCUT2D eigenvalue weighted by Crippen LogP contribution is -2.44. The third-order valence-electron chi connectivity index (χ3n) is 13.2. The SMILES string of the molecule is CCNOCC(=O)NC(CSSC(C)(C)CCC(=O)Nc1cc(COc2cc3c(cc2OC)C(=O)N2c4ccccc4C[C@H]2C=N3)cc(COc2cc3c(cc2OC)C(=O)N2c4ccccc4C[C@H]2CN3)c1)C(=O)O. The Morgan fingerprint density at radius 1 is 0.813 bits per heavy atom. The van der Waals surface area contributed by atoms with Gasteiger partial charge in [0.1, 0.15) is 25.9 Å². The van der Waals surface area contributed by atoms with Crippen molar-refractivity contribution in [3.8, 4) is 23.0 Å². The van der Waals surface area contributed by atoms with Crippen molar-refractivity contribution >= 4 is 85.8 Å². The molecule has 18 nitrogen and oxygen atoms in total. The van der Waals surface area contributed by atoms with Gasteiger partial charge in [-0.3, -0.25) is 33.9 Å². The number of carbonyl (C=O) groups excluding carboxylic acids is 4. The summed E-state index contributed by atoms with van der Waals surface area (Å²) in [6, 6.07) is 26.8. The highest BCUT2D eigenvalue weighted by molar-refractivity contribution is 8.77. The van der Waals surface area contributed by atoms with Gasteiger partial charge in [0.2, 0.25) is 11.8 Å². The smallest absolute Gasteiger partial charge is 0.327 e. The summed E-state index contributed by atoms with van der Waals surface area (Å²) < 4.78 is 24.1. The van der Waals surface area contributed by atoms with Gasteiger partial charge in [0, 0.05) is 71.8 Å². The van der Waals surface area contributed by atoms with Crippen molar-refractivity contribution in [2.24, 2.45) is 4.99 Å². The van der Waals surface area contributed by atoms with Gasteiger partial charge in [0.25, 0.3) is 11.8 Å². The van der Waals surface area contributed by atoms with Crippen LogP contribution in [-0.2, 0) is 45.3 Å². The van der Waals surface area contributed by atoms with E-state index in [0.717, 1.165) is 28.9 Å². The van der Waals surface area contributed by atoms with E-state index in [1.807, 2.05) is 79.4 Å².